The molecule has 1 heterocycles. The van der Waals surface area contributed by atoms with Crippen LogP contribution in [0.15, 0.2) is 17.1 Å². The number of carbonyl (C=O) groups is 1. The van der Waals surface area contributed by atoms with Gasteiger partial charge in [0.25, 0.3) is 5.56 Å². The zero-order valence-electron chi connectivity index (χ0n) is 9.56. The zero-order chi connectivity index (χ0) is 12.7. The standard InChI is InChI=1S/C10H15N3O3S/c1-16-7-4-11-8(14)2-5-13-6-3-9(15)12-10(13)17/h3,6H,2,4-5,7H2,1H3,(H,11,14)(H,12,15,17). The summed E-state index contributed by atoms with van der Waals surface area (Å²) in [6.07, 6.45) is 1.88. The van der Waals surface area contributed by atoms with Crippen LogP contribution in [0.1, 0.15) is 6.42 Å². The minimum atomic E-state index is -0.240. The second kappa shape index (κ2) is 6.97. The van der Waals surface area contributed by atoms with E-state index in [9.17, 15) is 9.59 Å². The number of aromatic amines is 1. The van der Waals surface area contributed by atoms with Crippen LogP contribution < -0.4 is 10.9 Å². The van der Waals surface area contributed by atoms with Gasteiger partial charge in [0.2, 0.25) is 5.91 Å². The van der Waals surface area contributed by atoms with E-state index in [1.165, 1.54) is 6.07 Å². The molecule has 2 N–H and O–H groups in total. The Kier molecular flexibility index (Phi) is 5.58. The number of rotatable bonds is 6. The van der Waals surface area contributed by atoms with Crippen LogP contribution >= 0.6 is 12.2 Å². The third-order valence-corrected chi connectivity index (χ3v) is 2.44. The summed E-state index contributed by atoms with van der Waals surface area (Å²) >= 11 is 4.95. The summed E-state index contributed by atoms with van der Waals surface area (Å²) in [4.78, 5) is 24.8. The van der Waals surface area contributed by atoms with E-state index in [1.54, 1.807) is 17.9 Å². The second-order valence-electron chi connectivity index (χ2n) is 3.40. The maximum atomic E-state index is 11.4. The van der Waals surface area contributed by atoms with Gasteiger partial charge in [-0.2, -0.15) is 0 Å². The lowest BCUT2D eigenvalue weighted by Gasteiger charge is -2.06. The van der Waals surface area contributed by atoms with E-state index in [4.69, 9.17) is 17.0 Å². The van der Waals surface area contributed by atoms with Crippen LogP contribution in [0.4, 0.5) is 0 Å². The molecule has 1 aromatic heterocycles. The van der Waals surface area contributed by atoms with Crippen molar-refractivity contribution in [2.24, 2.45) is 0 Å². The normalized spacial score (nSPS) is 10.2. The Balaban J connectivity index is 2.42. The molecule has 0 saturated carbocycles. The Morgan fingerprint density at radius 1 is 1.65 bits per heavy atom. The van der Waals surface area contributed by atoms with Crippen LogP contribution in [0.2, 0.25) is 0 Å². The number of nitrogens with one attached hydrogen (secondary N) is 2. The number of nitrogens with zero attached hydrogens (tertiary/aromatic N) is 1. The molecule has 0 aliphatic carbocycles. The third kappa shape index (κ3) is 4.92. The van der Waals surface area contributed by atoms with Crippen molar-refractivity contribution in [3.8, 4) is 0 Å². The fourth-order valence-electron chi connectivity index (χ4n) is 1.22. The highest BCUT2D eigenvalue weighted by molar-refractivity contribution is 7.71. The van der Waals surface area contributed by atoms with Crippen LogP contribution in [0.3, 0.4) is 0 Å². The van der Waals surface area contributed by atoms with Crippen molar-refractivity contribution in [2.45, 2.75) is 13.0 Å². The lowest BCUT2D eigenvalue weighted by molar-refractivity contribution is -0.121. The predicted molar refractivity (Wildman–Crippen MR) is 65.4 cm³/mol. The molecule has 0 atom stereocenters. The number of methoxy groups -OCH3 is 1. The van der Waals surface area contributed by atoms with Gasteiger partial charge < -0.3 is 14.6 Å². The van der Waals surface area contributed by atoms with Gasteiger partial charge in [0.05, 0.1) is 6.61 Å². The molecule has 0 bridgehead atoms. The number of H-pyrrole nitrogens is 1. The molecule has 0 radical (unpaired) electrons. The van der Waals surface area contributed by atoms with Gasteiger partial charge in [-0.3, -0.25) is 14.6 Å². The van der Waals surface area contributed by atoms with Crippen molar-refractivity contribution in [3.05, 3.63) is 27.4 Å². The van der Waals surface area contributed by atoms with Crippen molar-refractivity contribution in [2.75, 3.05) is 20.3 Å². The Hall–Kier alpha value is -1.47. The van der Waals surface area contributed by atoms with E-state index in [-0.39, 0.29) is 11.5 Å². The third-order valence-electron chi connectivity index (χ3n) is 2.10. The summed E-state index contributed by atoms with van der Waals surface area (Å²) in [5, 5.41) is 2.70. The molecule has 0 aliphatic heterocycles. The quantitative estimate of drug-likeness (QED) is 0.558. The molecule has 94 valence electrons. The number of amides is 1. The SMILES string of the molecule is COCCNC(=O)CCn1ccc(=O)[nH]c1=S. The summed E-state index contributed by atoms with van der Waals surface area (Å²) in [6, 6.07) is 1.37. The van der Waals surface area contributed by atoms with E-state index in [2.05, 4.69) is 10.3 Å². The monoisotopic (exact) mass is 257 g/mol. The second-order valence-corrected chi connectivity index (χ2v) is 3.78. The van der Waals surface area contributed by atoms with Crippen LogP contribution in [-0.4, -0.2) is 35.7 Å². The van der Waals surface area contributed by atoms with Crippen LogP contribution in [0.25, 0.3) is 0 Å². The molecule has 7 heteroatoms. The molecule has 17 heavy (non-hydrogen) atoms. The summed E-state index contributed by atoms with van der Waals surface area (Å²) in [7, 11) is 1.58. The topological polar surface area (TPSA) is 76.1 Å². The first-order valence-electron chi connectivity index (χ1n) is 5.19. The average Bonchev–Trinajstić information content (AvgIpc) is 2.28. The lowest BCUT2D eigenvalue weighted by atomic mass is 10.4. The Bertz CT molecular complexity index is 480. The number of hydrogen-bond donors (Lipinski definition) is 2. The van der Waals surface area contributed by atoms with Crippen molar-refractivity contribution < 1.29 is 9.53 Å². The maximum absolute atomic E-state index is 11.4. The summed E-state index contributed by atoms with van der Waals surface area (Å²) in [5.41, 5.74) is -0.240. The smallest absolute Gasteiger partial charge is 0.251 e. The minimum absolute atomic E-state index is 0.0739. The molecule has 1 aromatic rings. The first-order chi connectivity index (χ1) is 8.13. The molecule has 1 rings (SSSR count). The molecule has 0 saturated heterocycles. The molecule has 0 fully saturated rings. The number of aryl methyl sites for hydroxylation is 1. The fraction of sp³-hybridized carbons (Fsp3) is 0.500. The van der Waals surface area contributed by atoms with E-state index in [0.29, 0.717) is 30.9 Å². The average molecular weight is 257 g/mol. The molecular formula is C10H15N3O3S. The van der Waals surface area contributed by atoms with Crippen molar-refractivity contribution in [1.82, 2.24) is 14.9 Å². The number of hydrogen-bond acceptors (Lipinski definition) is 4. The molecule has 1 amide bonds. The first-order valence-corrected chi connectivity index (χ1v) is 5.59. The van der Waals surface area contributed by atoms with Gasteiger partial charge in [-0.05, 0) is 12.2 Å². The van der Waals surface area contributed by atoms with Gasteiger partial charge in [0.15, 0.2) is 4.77 Å². The summed E-state index contributed by atoms with van der Waals surface area (Å²) < 4.78 is 6.78. The van der Waals surface area contributed by atoms with Crippen molar-refractivity contribution >= 4 is 18.1 Å². The predicted octanol–water partition coefficient (Wildman–Crippen LogP) is 0.0586. The van der Waals surface area contributed by atoms with Gasteiger partial charge in [-0.15, -0.1) is 0 Å². The van der Waals surface area contributed by atoms with Crippen LogP contribution in [0, 0.1) is 4.77 Å². The maximum Gasteiger partial charge on any atom is 0.251 e. The summed E-state index contributed by atoms with van der Waals surface area (Å²) in [5.74, 6) is -0.0739. The van der Waals surface area contributed by atoms with Gasteiger partial charge in [-0.1, -0.05) is 0 Å². The van der Waals surface area contributed by atoms with Crippen molar-refractivity contribution in [1.29, 1.82) is 0 Å². The van der Waals surface area contributed by atoms with Gasteiger partial charge >= 0.3 is 0 Å². The fourth-order valence-corrected chi connectivity index (χ4v) is 1.48. The highest BCUT2D eigenvalue weighted by Gasteiger charge is 2.01. The largest absolute Gasteiger partial charge is 0.383 e. The molecule has 0 aromatic carbocycles. The molecule has 0 spiro atoms. The minimum Gasteiger partial charge on any atom is -0.383 e. The lowest BCUT2D eigenvalue weighted by Crippen LogP contribution is -2.28. The molecule has 0 aliphatic rings. The highest BCUT2D eigenvalue weighted by atomic mass is 32.1. The van der Waals surface area contributed by atoms with Crippen LogP contribution in [-0.2, 0) is 16.1 Å². The summed E-state index contributed by atoms with van der Waals surface area (Å²) in [6.45, 7) is 1.42. The Morgan fingerprint density at radius 3 is 3.06 bits per heavy atom. The van der Waals surface area contributed by atoms with Crippen molar-refractivity contribution in [3.63, 3.8) is 0 Å². The van der Waals surface area contributed by atoms with Gasteiger partial charge in [0.1, 0.15) is 0 Å². The number of aromatic nitrogens is 2. The number of ether oxygens (including phenoxy) is 1. The van der Waals surface area contributed by atoms with E-state index in [1.807, 2.05) is 0 Å². The van der Waals surface area contributed by atoms with Gasteiger partial charge in [0, 0.05) is 38.9 Å². The molecule has 0 unspecified atom stereocenters. The van der Waals surface area contributed by atoms with E-state index >= 15 is 0 Å². The van der Waals surface area contributed by atoms with E-state index in [0.717, 1.165) is 0 Å². The zero-order valence-corrected chi connectivity index (χ0v) is 10.4. The highest BCUT2D eigenvalue weighted by Crippen LogP contribution is 1.91. The Morgan fingerprint density at radius 2 is 2.41 bits per heavy atom. The van der Waals surface area contributed by atoms with Gasteiger partial charge in [-0.25, -0.2) is 0 Å². The first kappa shape index (κ1) is 13.6. The number of carbonyl (C=O) groups excluding carboxylic acids is 1. The molecule has 6 nitrogen and oxygen atoms in total. The van der Waals surface area contributed by atoms with Crippen LogP contribution in [0.5, 0.6) is 0 Å². The molecular weight excluding hydrogens is 242 g/mol. The van der Waals surface area contributed by atoms with E-state index < -0.39 is 0 Å². The Labute approximate surface area is 104 Å².